The average molecular weight is 333 g/mol. The van der Waals surface area contributed by atoms with Crippen LogP contribution in [-0.2, 0) is 6.54 Å². The molecule has 2 heterocycles. The van der Waals surface area contributed by atoms with E-state index in [9.17, 15) is 4.79 Å². The lowest BCUT2D eigenvalue weighted by atomic mass is 10.1. The van der Waals surface area contributed by atoms with E-state index in [4.69, 9.17) is 0 Å². The predicted molar refractivity (Wildman–Crippen MR) is 102 cm³/mol. The van der Waals surface area contributed by atoms with E-state index in [1.165, 1.54) is 24.1 Å². The van der Waals surface area contributed by atoms with Gasteiger partial charge in [0.15, 0.2) is 0 Å². The van der Waals surface area contributed by atoms with Crippen molar-refractivity contribution in [1.82, 2.24) is 10.3 Å². The highest BCUT2D eigenvalue weighted by Crippen LogP contribution is 2.24. The van der Waals surface area contributed by atoms with E-state index in [0.717, 1.165) is 29.6 Å². The number of aromatic nitrogens is 1. The van der Waals surface area contributed by atoms with Crippen molar-refractivity contribution >= 4 is 22.5 Å². The van der Waals surface area contributed by atoms with Gasteiger partial charge in [-0.15, -0.1) is 0 Å². The van der Waals surface area contributed by atoms with Gasteiger partial charge in [-0.2, -0.15) is 0 Å². The first-order valence-electron chi connectivity index (χ1n) is 8.92. The quantitative estimate of drug-likeness (QED) is 0.758. The Morgan fingerprint density at radius 1 is 1.12 bits per heavy atom. The summed E-state index contributed by atoms with van der Waals surface area (Å²) in [5.74, 6) is -0.0631. The minimum atomic E-state index is -0.0631. The molecule has 0 aliphatic carbocycles. The van der Waals surface area contributed by atoms with Crippen molar-refractivity contribution in [3.05, 3.63) is 65.4 Å². The maximum atomic E-state index is 12.6. The van der Waals surface area contributed by atoms with Crippen LogP contribution >= 0.6 is 0 Å². The summed E-state index contributed by atoms with van der Waals surface area (Å²) < 4.78 is 0. The van der Waals surface area contributed by atoms with Gasteiger partial charge in [0, 0.05) is 36.2 Å². The van der Waals surface area contributed by atoms with Crippen LogP contribution in [0.25, 0.3) is 10.9 Å². The SMILES string of the molecule is Cc1cccc2cc(C(=O)NCc3ccccc3N3CCCC3)[nH]c12. The second-order valence-corrected chi connectivity index (χ2v) is 6.73. The summed E-state index contributed by atoms with van der Waals surface area (Å²) in [6, 6.07) is 16.4. The van der Waals surface area contributed by atoms with Crippen molar-refractivity contribution in [1.29, 1.82) is 0 Å². The van der Waals surface area contributed by atoms with Crippen molar-refractivity contribution in [3.63, 3.8) is 0 Å². The normalized spacial score (nSPS) is 14.2. The molecule has 1 aliphatic rings. The number of anilines is 1. The van der Waals surface area contributed by atoms with Gasteiger partial charge in [-0.25, -0.2) is 0 Å². The maximum Gasteiger partial charge on any atom is 0.267 e. The monoisotopic (exact) mass is 333 g/mol. The first kappa shape index (κ1) is 15.8. The van der Waals surface area contributed by atoms with E-state index >= 15 is 0 Å². The number of aromatic amines is 1. The number of amides is 1. The molecule has 4 nitrogen and oxygen atoms in total. The number of hydrogen-bond donors (Lipinski definition) is 2. The van der Waals surface area contributed by atoms with Crippen LogP contribution in [-0.4, -0.2) is 24.0 Å². The van der Waals surface area contributed by atoms with Crippen LogP contribution < -0.4 is 10.2 Å². The van der Waals surface area contributed by atoms with Gasteiger partial charge in [0.25, 0.3) is 5.91 Å². The summed E-state index contributed by atoms with van der Waals surface area (Å²) in [5, 5.41) is 4.13. The first-order valence-corrected chi connectivity index (χ1v) is 8.92. The lowest BCUT2D eigenvalue weighted by Crippen LogP contribution is -2.25. The lowest BCUT2D eigenvalue weighted by Gasteiger charge is -2.21. The van der Waals surface area contributed by atoms with Crippen LogP contribution in [0.3, 0.4) is 0 Å². The number of aryl methyl sites for hydroxylation is 1. The Hall–Kier alpha value is -2.75. The van der Waals surface area contributed by atoms with Crippen LogP contribution in [0.5, 0.6) is 0 Å². The largest absolute Gasteiger partial charge is 0.371 e. The van der Waals surface area contributed by atoms with Gasteiger partial charge in [0.2, 0.25) is 0 Å². The third-order valence-corrected chi connectivity index (χ3v) is 4.99. The fourth-order valence-electron chi connectivity index (χ4n) is 3.63. The smallest absolute Gasteiger partial charge is 0.267 e. The molecule has 128 valence electrons. The number of nitrogens with one attached hydrogen (secondary N) is 2. The van der Waals surface area contributed by atoms with Crippen LogP contribution in [0.2, 0.25) is 0 Å². The Kier molecular flexibility index (Phi) is 4.18. The zero-order valence-corrected chi connectivity index (χ0v) is 14.5. The van der Waals surface area contributed by atoms with Crippen LogP contribution in [0.1, 0.15) is 34.5 Å². The van der Waals surface area contributed by atoms with E-state index < -0.39 is 0 Å². The topological polar surface area (TPSA) is 48.1 Å². The number of carbonyl (C=O) groups is 1. The Morgan fingerprint density at radius 3 is 2.72 bits per heavy atom. The highest BCUT2D eigenvalue weighted by Gasteiger charge is 2.16. The van der Waals surface area contributed by atoms with E-state index in [1.807, 2.05) is 37.3 Å². The highest BCUT2D eigenvalue weighted by molar-refractivity contribution is 5.98. The van der Waals surface area contributed by atoms with Crippen molar-refractivity contribution in [2.24, 2.45) is 0 Å². The molecule has 0 spiro atoms. The van der Waals surface area contributed by atoms with Gasteiger partial charge in [-0.05, 0) is 43.0 Å². The summed E-state index contributed by atoms with van der Waals surface area (Å²) in [7, 11) is 0. The molecule has 0 radical (unpaired) electrons. The second-order valence-electron chi connectivity index (χ2n) is 6.73. The molecule has 0 bridgehead atoms. The molecule has 0 unspecified atom stereocenters. The number of rotatable bonds is 4. The number of benzene rings is 2. The number of nitrogens with zero attached hydrogens (tertiary/aromatic N) is 1. The number of para-hydroxylation sites is 2. The molecule has 0 saturated carbocycles. The summed E-state index contributed by atoms with van der Waals surface area (Å²) in [6.45, 7) is 4.80. The number of H-pyrrole nitrogens is 1. The number of fused-ring (bicyclic) bond motifs is 1. The standard InChI is InChI=1S/C21H23N3O/c1-15-7-6-9-16-13-18(23-20(15)16)21(25)22-14-17-8-2-3-10-19(17)24-11-4-5-12-24/h2-3,6-10,13,23H,4-5,11-12,14H2,1H3,(H,22,25). The van der Waals surface area contributed by atoms with E-state index in [-0.39, 0.29) is 5.91 Å². The third-order valence-electron chi connectivity index (χ3n) is 4.99. The molecule has 1 aliphatic heterocycles. The molecule has 2 aromatic carbocycles. The molecule has 2 N–H and O–H groups in total. The molecule has 1 aromatic heterocycles. The van der Waals surface area contributed by atoms with Crippen molar-refractivity contribution in [3.8, 4) is 0 Å². The van der Waals surface area contributed by atoms with Gasteiger partial charge in [-0.1, -0.05) is 36.4 Å². The molecule has 4 rings (SSSR count). The Morgan fingerprint density at radius 2 is 1.92 bits per heavy atom. The molecule has 3 aromatic rings. The van der Waals surface area contributed by atoms with Crippen LogP contribution in [0.4, 0.5) is 5.69 Å². The fourth-order valence-corrected chi connectivity index (χ4v) is 3.63. The molecule has 1 fully saturated rings. The van der Waals surface area contributed by atoms with Crippen molar-refractivity contribution < 1.29 is 4.79 Å². The number of hydrogen-bond acceptors (Lipinski definition) is 2. The fraction of sp³-hybridized carbons (Fsp3) is 0.286. The zero-order chi connectivity index (χ0) is 17.2. The molecule has 1 amide bonds. The minimum Gasteiger partial charge on any atom is -0.371 e. The Balaban J connectivity index is 1.51. The van der Waals surface area contributed by atoms with Gasteiger partial charge in [-0.3, -0.25) is 4.79 Å². The van der Waals surface area contributed by atoms with Gasteiger partial charge in [0.1, 0.15) is 5.69 Å². The first-order chi connectivity index (χ1) is 12.2. The minimum absolute atomic E-state index is 0.0631. The maximum absolute atomic E-state index is 12.6. The summed E-state index contributed by atoms with van der Waals surface area (Å²) in [4.78, 5) is 18.2. The van der Waals surface area contributed by atoms with Gasteiger partial charge < -0.3 is 15.2 Å². The second kappa shape index (κ2) is 6.63. The Bertz CT molecular complexity index is 906. The molecular formula is C21H23N3O. The average Bonchev–Trinajstić information content (AvgIpc) is 3.30. The molecule has 4 heteroatoms. The highest BCUT2D eigenvalue weighted by atomic mass is 16.1. The van der Waals surface area contributed by atoms with Crippen LogP contribution in [0.15, 0.2) is 48.5 Å². The molecular weight excluding hydrogens is 310 g/mol. The lowest BCUT2D eigenvalue weighted by molar-refractivity contribution is 0.0947. The number of carbonyl (C=O) groups excluding carboxylic acids is 1. The third kappa shape index (κ3) is 3.12. The Labute approximate surface area is 147 Å². The molecule has 1 saturated heterocycles. The van der Waals surface area contributed by atoms with Crippen molar-refractivity contribution in [2.45, 2.75) is 26.3 Å². The van der Waals surface area contributed by atoms with Gasteiger partial charge in [0.05, 0.1) is 0 Å². The molecule has 0 atom stereocenters. The zero-order valence-electron chi connectivity index (χ0n) is 14.5. The predicted octanol–water partition coefficient (Wildman–Crippen LogP) is 4.01. The van der Waals surface area contributed by atoms with Gasteiger partial charge >= 0.3 is 0 Å². The summed E-state index contributed by atoms with van der Waals surface area (Å²) >= 11 is 0. The van der Waals surface area contributed by atoms with E-state index in [1.54, 1.807) is 0 Å². The van der Waals surface area contributed by atoms with Crippen LogP contribution in [0, 0.1) is 6.92 Å². The van der Waals surface area contributed by atoms with E-state index in [2.05, 4.69) is 33.4 Å². The summed E-state index contributed by atoms with van der Waals surface area (Å²) in [6.07, 6.45) is 2.49. The van der Waals surface area contributed by atoms with Crippen molar-refractivity contribution in [2.75, 3.05) is 18.0 Å². The van der Waals surface area contributed by atoms with E-state index in [0.29, 0.717) is 12.2 Å². The molecule has 25 heavy (non-hydrogen) atoms. The summed E-state index contributed by atoms with van der Waals surface area (Å²) in [5.41, 5.74) is 5.21.